The molecule has 1 N–H and O–H groups in total. The largest absolute Gasteiger partial charge is 0.490 e. The highest BCUT2D eigenvalue weighted by atomic mass is 32.1. The van der Waals surface area contributed by atoms with Gasteiger partial charge in [0.25, 0.3) is 5.91 Å². The Balaban J connectivity index is 1.64. The van der Waals surface area contributed by atoms with Gasteiger partial charge in [0.15, 0.2) is 11.5 Å². The molecule has 0 unspecified atom stereocenters. The van der Waals surface area contributed by atoms with Crippen LogP contribution in [0.25, 0.3) is 6.08 Å². The maximum absolute atomic E-state index is 12.6. The van der Waals surface area contributed by atoms with Crippen LogP contribution in [0.3, 0.4) is 0 Å². The predicted molar refractivity (Wildman–Crippen MR) is 141 cm³/mol. The van der Waals surface area contributed by atoms with Crippen molar-refractivity contribution in [1.82, 2.24) is 10.2 Å². The van der Waals surface area contributed by atoms with Crippen LogP contribution in [0.2, 0.25) is 0 Å². The Morgan fingerprint density at radius 2 is 1.83 bits per heavy atom. The van der Waals surface area contributed by atoms with Gasteiger partial charge < -0.3 is 14.2 Å². The van der Waals surface area contributed by atoms with Crippen LogP contribution in [0.5, 0.6) is 17.2 Å². The third kappa shape index (κ3) is 7.55. The summed E-state index contributed by atoms with van der Waals surface area (Å²) >= 11 is 1.30. The van der Waals surface area contributed by atoms with E-state index in [9.17, 15) is 10.1 Å². The lowest BCUT2D eigenvalue weighted by Gasteiger charge is -2.13. The second-order valence-corrected chi connectivity index (χ2v) is 9.02. The normalized spacial score (nSPS) is 11.0. The van der Waals surface area contributed by atoms with E-state index in [2.05, 4.69) is 22.4 Å². The average Bonchev–Trinajstić information content (AvgIpc) is 3.30. The van der Waals surface area contributed by atoms with Gasteiger partial charge in [0.05, 0.1) is 6.61 Å². The molecule has 0 saturated heterocycles. The molecule has 0 atom stereocenters. The first-order chi connectivity index (χ1) is 17.4. The fraction of sp³-hybridized carbons (Fsp3) is 0.333. The first-order valence-corrected chi connectivity index (χ1v) is 12.6. The van der Waals surface area contributed by atoms with Crippen molar-refractivity contribution in [3.05, 3.63) is 63.7 Å². The molecular weight excluding hydrogens is 476 g/mol. The summed E-state index contributed by atoms with van der Waals surface area (Å²) in [4.78, 5) is 12.6. The van der Waals surface area contributed by atoms with Crippen molar-refractivity contribution in [2.45, 2.75) is 40.5 Å². The molecule has 188 valence electrons. The number of nitrogens with zero attached hydrogens (tertiary/aromatic N) is 3. The molecule has 0 spiro atoms. The van der Waals surface area contributed by atoms with Crippen LogP contribution in [0.1, 0.15) is 42.0 Å². The molecule has 0 saturated carbocycles. The Kier molecular flexibility index (Phi) is 9.83. The molecule has 36 heavy (non-hydrogen) atoms. The number of ether oxygens (including phenoxy) is 3. The summed E-state index contributed by atoms with van der Waals surface area (Å²) in [5, 5.41) is 21.4. The van der Waals surface area contributed by atoms with E-state index < -0.39 is 5.91 Å². The Morgan fingerprint density at radius 1 is 1.03 bits per heavy atom. The standard InChI is InChI=1S/C27H30N4O4S/c1-5-7-25-30-31-27(36-25)29-26(32)21(17-28)15-20-9-11-23(24(16-20)33-6-2)35-13-12-34-22-10-8-18(3)19(4)14-22/h8-11,14-16H,5-7,12-13H2,1-4H3,(H,29,31,32). The van der Waals surface area contributed by atoms with Gasteiger partial charge in [-0.3, -0.25) is 10.1 Å². The monoisotopic (exact) mass is 506 g/mol. The summed E-state index contributed by atoms with van der Waals surface area (Å²) in [5.41, 5.74) is 2.96. The molecule has 0 radical (unpaired) electrons. The first-order valence-electron chi connectivity index (χ1n) is 11.8. The molecule has 8 nitrogen and oxygen atoms in total. The number of nitrogens with one attached hydrogen (secondary N) is 1. The number of amides is 1. The molecule has 0 bridgehead atoms. The number of nitriles is 1. The lowest BCUT2D eigenvalue weighted by atomic mass is 10.1. The summed E-state index contributed by atoms with van der Waals surface area (Å²) in [5.74, 6) is 1.32. The van der Waals surface area contributed by atoms with E-state index in [0.717, 1.165) is 23.6 Å². The van der Waals surface area contributed by atoms with Crippen molar-refractivity contribution < 1.29 is 19.0 Å². The number of carbonyl (C=O) groups excluding carboxylic acids is 1. The highest BCUT2D eigenvalue weighted by molar-refractivity contribution is 7.15. The number of aromatic nitrogens is 2. The van der Waals surface area contributed by atoms with Crippen LogP contribution < -0.4 is 19.5 Å². The third-order valence-electron chi connectivity index (χ3n) is 5.18. The number of rotatable bonds is 12. The molecule has 2 aromatic carbocycles. The van der Waals surface area contributed by atoms with Crippen molar-refractivity contribution in [3.63, 3.8) is 0 Å². The second-order valence-electron chi connectivity index (χ2n) is 7.96. The van der Waals surface area contributed by atoms with Gasteiger partial charge in [-0.2, -0.15) is 5.26 Å². The van der Waals surface area contributed by atoms with E-state index in [-0.39, 0.29) is 5.57 Å². The molecule has 3 aromatic rings. The lowest BCUT2D eigenvalue weighted by molar-refractivity contribution is -0.112. The quantitative estimate of drug-likeness (QED) is 0.196. The highest BCUT2D eigenvalue weighted by Gasteiger charge is 2.14. The first kappa shape index (κ1) is 26.7. The van der Waals surface area contributed by atoms with Crippen molar-refractivity contribution in [2.75, 3.05) is 25.1 Å². The van der Waals surface area contributed by atoms with Gasteiger partial charge in [0.1, 0.15) is 35.6 Å². The number of aryl methyl sites for hydroxylation is 3. The predicted octanol–water partition coefficient (Wildman–Crippen LogP) is 5.51. The molecule has 3 rings (SSSR count). The smallest absolute Gasteiger partial charge is 0.268 e. The van der Waals surface area contributed by atoms with Crippen molar-refractivity contribution in [3.8, 4) is 23.3 Å². The zero-order valence-electron chi connectivity index (χ0n) is 21.0. The minimum absolute atomic E-state index is 0.0554. The maximum Gasteiger partial charge on any atom is 0.268 e. The summed E-state index contributed by atoms with van der Waals surface area (Å²) in [6.45, 7) is 9.16. The minimum atomic E-state index is -0.543. The molecule has 0 fully saturated rings. The van der Waals surface area contributed by atoms with Crippen LogP contribution in [0, 0.1) is 25.2 Å². The van der Waals surface area contributed by atoms with Crippen molar-refractivity contribution >= 4 is 28.5 Å². The summed E-state index contributed by atoms with van der Waals surface area (Å²) in [7, 11) is 0. The Morgan fingerprint density at radius 3 is 2.56 bits per heavy atom. The molecule has 0 aliphatic rings. The molecule has 0 aliphatic heterocycles. The zero-order chi connectivity index (χ0) is 25.9. The minimum Gasteiger partial charge on any atom is -0.490 e. The van der Waals surface area contributed by atoms with Gasteiger partial charge >= 0.3 is 0 Å². The Bertz CT molecular complexity index is 1260. The average molecular weight is 507 g/mol. The maximum atomic E-state index is 12.6. The van der Waals surface area contributed by atoms with Crippen LogP contribution >= 0.6 is 11.3 Å². The molecule has 1 amide bonds. The SMILES string of the molecule is CCCc1nnc(NC(=O)C(C#N)=Cc2ccc(OCCOc3ccc(C)c(C)c3)c(OCC)c2)s1. The second kappa shape index (κ2) is 13.3. The lowest BCUT2D eigenvalue weighted by Crippen LogP contribution is -2.13. The number of carbonyl (C=O) groups is 1. The van der Waals surface area contributed by atoms with Crippen molar-refractivity contribution in [2.24, 2.45) is 0 Å². The third-order valence-corrected chi connectivity index (χ3v) is 6.08. The van der Waals surface area contributed by atoms with Gasteiger partial charge in [0, 0.05) is 6.42 Å². The van der Waals surface area contributed by atoms with Crippen LogP contribution in [0.4, 0.5) is 5.13 Å². The molecular formula is C27H30N4O4S. The number of hydrogen-bond acceptors (Lipinski definition) is 8. The Labute approximate surface area is 215 Å². The van der Waals surface area contributed by atoms with Gasteiger partial charge in [0.2, 0.25) is 5.13 Å². The fourth-order valence-electron chi connectivity index (χ4n) is 3.22. The van der Waals surface area contributed by atoms with E-state index in [1.165, 1.54) is 28.5 Å². The van der Waals surface area contributed by atoms with Crippen LogP contribution in [0.15, 0.2) is 42.0 Å². The van der Waals surface area contributed by atoms with E-state index in [0.29, 0.717) is 42.0 Å². The number of benzene rings is 2. The van der Waals surface area contributed by atoms with E-state index >= 15 is 0 Å². The number of anilines is 1. The molecule has 1 heterocycles. The highest BCUT2D eigenvalue weighted by Crippen LogP contribution is 2.30. The van der Waals surface area contributed by atoms with E-state index in [4.69, 9.17) is 14.2 Å². The fourth-order valence-corrected chi connectivity index (χ4v) is 4.05. The Hall–Kier alpha value is -3.90. The van der Waals surface area contributed by atoms with Gasteiger partial charge in [-0.15, -0.1) is 10.2 Å². The summed E-state index contributed by atoms with van der Waals surface area (Å²) < 4.78 is 17.4. The summed E-state index contributed by atoms with van der Waals surface area (Å²) in [6, 6.07) is 13.2. The van der Waals surface area contributed by atoms with Gasteiger partial charge in [-0.25, -0.2) is 0 Å². The van der Waals surface area contributed by atoms with Gasteiger partial charge in [-0.1, -0.05) is 30.4 Å². The topological polar surface area (TPSA) is 106 Å². The van der Waals surface area contributed by atoms with E-state index in [1.807, 2.05) is 45.0 Å². The van der Waals surface area contributed by atoms with Crippen LogP contribution in [-0.2, 0) is 11.2 Å². The molecule has 9 heteroatoms. The molecule has 1 aromatic heterocycles. The van der Waals surface area contributed by atoms with Crippen LogP contribution in [-0.4, -0.2) is 35.9 Å². The van der Waals surface area contributed by atoms with E-state index in [1.54, 1.807) is 18.2 Å². The van der Waals surface area contributed by atoms with Gasteiger partial charge in [-0.05, 0) is 74.2 Å². The zero-order valence-corrected chi connectivity index (χ0v) is 21.8. The molecule has 0 aliphatic carbocycles. The number of hydrogen-bond donors (Lipinski definition) is 1. The summed E-state index contributed by atoms with van der Waals surface area (Å²) in [6.07, 6.45) is 3.23. The van der Waals surface area contributed by atoms with Crippen molar-refractivity contribution in [1.29, 1.82) is 5.26 Å².